The highest BCUT2D eigenvalue weighted by atomic mass is 32.2. The second kappa shape index (κ2) is 13.9. The predicted molar refractivity (Wildman–Crippen MR) is 174 cm³/mol. The minimum absolute atomic E-state index is 0.161. The fourth-order valence-corrected chi connectivity index (χ4v) is 7.34. The fraction of sp³-hybridized carbons (Fsp3) is 0.441. The van der Waals surface area contributed by atoms with Gasteiger partial charge in [0.2, 0.25) is 0 Å². The highest BCUT2D eigenvalue weighted by Crippen LogP contribution is 2.32. The monoisotopic (exact) mass is 669 g/mol. The summed E-state index contributed by atoms with van der Waals surface area (Å²) >= 11 is 0. The topological polar surface area (TPSA) is 121 Å². The minimum atomic E-state index is -4.06. The van der Waals surface area contributed by atoms with Crippen molar-refractivity contribution >= 4 is 33.4 Å². The van der Waals surface area contributed by atoms with Crippen LogP contribution < -0.4 is 10.6 Å². The number of hydrogen-bond donors (Lipinski definition) is 2. The van der Waals surface area contributed by atoms with Crippen molar-refractivity contribution in [1.29, 1.82) is 0 Å². The number of pyridine rings is 1. The molecule has 2 saturated heterocycles. The number of likely N-dealkylation sites (tertiary alicyclic amines) is 1. The van der Waals surface area contributed by atoms with Gasteiger partial charge in [0, 0.05) is 50.2 Å². The number of hydrogen-bond acceptors (Lipinski definition) is 7. The Hall–Kier alpha value is -4.10. The molecule has 47 heavy (non-hydrogen) atoms. The van der Waals surface area contributed by atoms with Crippen molar-refractivity contribution in [3.05, 3.63) is 83.1 Å². The van der Waals surface area contributed by atoms with Crippen molar-refractivity contribution in [2.45, 2.75) is 76.0 Å². The number of halogens is 2. The van der Waals surface area contributed by atoms with E-state index in [0.717, 1.165) is 5.56 Å². The SMILES string of the molecule is Cc1cc(F)ccc1Nc1cc(S(=O)(=O)N2CCC(NC(=O)OC(C)(C)C)CC2)ncc1C(=O)N1CCC(c2ccc(F)cc2)CC1. The number of aryl methyl sites for hydroxylation is 1. The number of carbonyl (C=O) groups excluding carboxylic acids is 2. The maximum atomic E-state index is 13.9. The molecule has 0 atom stereocenters. The van der Waals surface area contributed by atoms with E-state index in [9.17, 15) is 26.8 Å². The third-order valence-corrected chi connectivity index (χ3v) is 10.3. The van der Waals surface area contributed by atoms with Gasteiger partial charge in [-0.3, -0.25) is 4.79 Å². The van der Waals surface area contributed by atoms with Gasteiger partial charge in [-0.15, -0.1) is 0 Å². The lowest BCUT2D eigenvalue weighted by Crippen LogP contribution is -2.47. The summed E-state index contributed by atoms with van der Waals surface area (Å²) in [5, 5.41) is 5.73. The molecule has 2 fully saturated rings. The van der Waals surface area contributed by atoms with Crippen LogP contribution in [-0.4, -0.2) is 72.4 Å². The van der Waals surface area contributed by atoms with Crippen molar-refractivity contribution < 1.29 is 31.5 Å². The summed E-state index contributed by atoms with van der Waals surface area (Å²) in [5.41, 5.74) is 1.89. The molecule has 5 rings (SSSR count). The maximum absolute atomic E-state index is 13.9. The van der Waals surface area contributed by atoms with Crippen molar-refractivity contribution in [2.24, 2.45) is 0 Å². The number of anilines is 2. The van der Waals surface area contributed by atoms with Gasteiger partial charge in [0.25, 0.3) is 15.9 Å². The summed E-state index contributed by atoms with van der Waals surface area (Å²) < 4.78 is 61.4. The predicted octanol–water partition coefficient (Wildman–Crippen LogP) is 6.11. The Morgan fingerprint density at radius 3 is 2.15 bits per heavy atom. The first-order chi connectivity index (χ1) is 22.2. The Balaban J connectivity index is 1.34. The van der Waals surface area contributed by atoms with E-state index in [0.29, 0.717) is 50.0 Å². The summed E-state index contributed by atoms with van der Waals surface area (Å²) in [6.07, 6.45) is 2.89. The van der Waals surface area contributed by atoms with Crippen molar-refractivity contribution in [2.75, 3.05) is 31.5 Å². The van der Waals surface area contributed by atoms with Crippen LogP contribution in [0.1, 0.15) is 73.9 Å². The zero-order valence-electron chi connectivity index (χ0n) is 27.1. The summed E-state index contributed by atoms with van der Waals surface area (Å²) in [4.78, 5) is 32.0. The molecule has 0 radical (unpaired) electrons. The van der Waals surface area contributed by atoms with Gasteiger partial charge >= 0.3 is 6.09 Å². The van der Waals surface area contributed by atoms with Crippen LogP contribution in [0, 0.1) is 18.6 Å². The van der Waals surface area contributed by atoms with Gasteiger partial charge in [-0.1, -0.05) is 12.1 Å². The quantitative estimate of drug-likeness (QED) is 0.312. The largest absolute Gasteiger partial charge is 0.444 e. The molecule has 2 aromatic carbocycles. The summed E-state index contributed by atoms with van der Waals surface area (Å²) in [6.45, 7) is 8.26. The molecule has 2 aliphatic rings. The average molecular weight is 670 g/mol. The van der Waals surface area contributed by atoms with Gasteiger partial charge in [0.1, 0.15) is 17.2 Å². The Morgan fingerprint density at radius 2 is 1.53 bits per heavy atom. The second-order valence-electron chi connectivity index (χ2n) is 13.1. The van der Waals surface area contributed by atoms with Crippen molar-refractivity contribution in [3.63, 3.8) is 0 Å². The Labute approximate surface area is 274 Å². The number of alkyl carbamates (subject to hydrolysis) is 1. The van der Waals surface area contributed by atoms with E-state index in [4.69, 9.17) is 4.74 Å². The zero-order chi connectivity index (χ0) is 33.9. The second-order valence-corrected chi connectivity index (χ2v) is 15.0. The van der Waals surface area contributed by atoms with Crippen LogP contribution >= 0.6 is 0 Å². The molecule has 0 aliphatic carbocycles. The molecule has 3 heterocycles. The van der Waals surface area contributed by atoms with Gasteiger partial charge < -0.3 is 20.3 Å². The van der Waals surface area contributed by atoms with Crippen molar-refractivity contribution in [1.82, 2.24) is 19.5 Å². The minimum Gasteiger partial charge on any atom is -0.444 e. The molecule has 10 nitrogen and oxygen atoms in total. The van der Waals surface area contributed by atoms with E-state index >= 15 is 0 Å². The Bertz CT molecular complexity index is 1710. The van der Waals surface area contributed by atoms with E-state index in [-0.39, 0.29) is 53.1 Å². The van der Waals surface area contributed by atoms with Gasteiger partial charge in [-0.05, 0) is 101 Å². The third kappa shape index (κ3) is 8.44. The Kier molecular flexibility index (Phi) is 10.2. The number of benzene rings is 2. The maximum Gasteiger partial charge on any atom is 0.407 e. The molecule has 13 heteroatoms. The normalized spacial score (nSPS) is 16.9. The molecular weight excluding hydrogens is 628 g/mol. The molecule has 0 bridgehead atoms. The first kappa shape index (κ1) is 34.2. The standard InChI is InChI=1S/C34H41F2N5O5S/c1-22-19-26(36)9-10-29(22)39-30-20-31(47(44,45)41-17-13-27(14-18-41)38-33(43)46-34(2,3)4)37-21-28(30)32(42)40-15-11-24(12-16-40)23-5-7-25(35)8-6-23/h5-10,19-21,24,27H,11-18H2,1-4H3,(H,37,39)(H,38,43). The molecular formula is C34H41F2N5O5S. The summed E-state index contributed by atoms with van der Waals surface area (Å²) in [6, 6.07) is 11.7. The van der Waals surface area contributed by atoms with Crippen LogP contribution in [0.2, 0.25) is 0 Å². The van der Waals surface area contributed by atoms with Crippen LogP contribution in [0.4, 0.5) is 25.0 Å². The molecule has 2 N–H and O–H groups in total. The highest BCUT2D eigenvalue weighted by Gasteiger charge is 2.33. The smallest absolute Gasteiger partial charge is 0.407 e. The van der Waals surface area contributed by atoms with Crippen LogP contribution in [-0.2, 0) is 14.8 Å². The molecule has 252 valence electrons. The number of aromatic nitrogens is 1. The van der Waals surface area contributed by atoms with E-state index in [1.54, 1.807) is 44.7 Å². The molecule has 2 aliphatic heterocycles. The van der Waals surface area contributed by atoms with E-state index in [2.05, 4.69) is 15.6 Å². The number of nitrogens with one attached hydrogen (secondary N) is 2. The molecule has 0 unspecified atom stereocenters. The Morgan fingerprint density at radius 1 is 0.894 bits per heavy atom. The summed E-state index contributed by atoms with van der Waals surface area (Å²) in [7, 11) is -4.06. The number of nitrogens with zero attached hydrogens (tertiary/aromatic N) is 3. The van der Waals surface area contributed by atoms with Gasteiger partial charge in [0.15, 0.2) is 5.03 Å². The number of sulfonamides is 1. The lowest BCUT2D eigenvalue weighted by Gasteiger charge is -2.33. The van der Waals surface area contributed by atoms with Gasteiger partial charge in [0.05, 0.1) is 11.3 Å². The lowest BCUT2D eigenvalue weighted by atomic mass is 9.89. The van der Waals surface area contributed by atoms with E-state index in [1.165, 1.54) is 46.9 Å². The first-order valence-corrected chi connectivity index (χ1v) is 17.2. The molecule has 0 spiro atoms. The highest BCUT2D eigenvalue weighted by molar-refractivity contribution is 7.89. The zero-order valence-corrected chi connectivity index (χ0v) is 27.9. The number of rotatable bonds is 7. The molecule has 0 saturated carbocycles. The summed E-state index contributed by atoms with van der Waals surface area (Å²) in [5.74, 6) is -0.838. The van der Waals surface area contributed by atoms with Crippen molar-refractivity contribution in [3.8, 4) is 0 Å². The van der Waals surface area contributed by atoms with Gasteiger partial charge in [-0.25, -0.2) is 27.0 Å². The number of piperidine rings is 2. The van der Waals surface area contributed by atoms with Crippen LogP contribution in [0.15, 0.2) is 59.8 Å². The van der Waals surface area contributed by atoms with Crippen LogP contribution in [0.25, 0.3) is 0 Å². The van der Waals surface area contributed by atoms with Crippen LogP contribution in [0.3, 0.4) is 0 Å². The fourth-order valence-electron chi connectivity index (χ4n) is 5.93. The molecule has 1 aromatic heterocycles. The van der Waals surface area contributed by atoms with E-state index in [1.807, 2.05) is 0 Å². The van der Waals surface area contributed by atoms with E-state index < -0.39 is 27.5 Å². The average Bonchev–Trinajstić information content (AvgIpc) is 3.02. The first-order valence-electron chi connectivity index (χ1n) is 15.8. The van der Waals surface area contributed by atoms with Crippen LogP contribution in [0.5, 0.6) is 0 Å². The van der Waals surface area contributed by atoms with Gasteiger partial charge in [-0.2, -0.15) is 4.31 Å². The number of ether oxygens (including phenoxy) is 1. The number of carbonyl (C=O) groups is 2. The number of amides is 2. The molecule has 2 amide bonds. The lowest BCUT2D eigenvalue weighted by molar-refractivity contribution is 0.0489. The molecule has 3 aromatic rings. The third-order valence-electron chi connectivity index (χ3n) is 8.47.